The number of allylic oxidation sites excluding steroid dienone is 1. The van der Waals surface area contributed by atoms with Crippen LogP contribution in [0, 0.1) is 11.8 Å². The average Bonchev–Trinajstić information content (AvgIpc) is 3.46. The van der Waals surface area contributed by atoms with Crippen LogP contribution in [-0.4, -0.2) is 89.7 Å². The van der Waals surface area contributed by atoms with Crippen molar-refractivity contribution in [2.75, 3.05) is 6.54 Å². The molecule has 3 unspecified atom stereocenters. The Bertz CT molecular complexity index is 1810. The largest absolute Gasteiger partial charge is 0.472 e. The molecule has 4 N–H and O–H groups in total. The van der Waals surface area contributed by atoms with E-state index < -0.39 is 63.6 Å². The molecule has 1 aromatic heterocycles. The summed E-state index contributed by atoms with van der Waals surface area (Å²) < 4.78 is 39.8. The van der Waals surface area contributed by atoms with Gasteiger partial charge in [0.05, 0.1) is 17.3 Å². The zero-order valence-electron chi connectivity index (χ0n) is 29.3. The SMILES string of the molecule is C=CCC(NC(=O)[C@@H]1C[C@@H]2CN1C(O)[C@H](C1CCCC1)NC(=O)O[C@@H]1CCC[C@H]1C/C=C/c1ccc3ccnc(c3c1)O2)C(=O)NS(=O)(=O)C1CC1. The molecule has 5 aliphatic rings. The summed E-state index contributed by atoms with van der Waals surface area (Å²) in [4.78, 5) is 47.1. The molecule has 3 amide bonds. The van der Waals surface area contributed by atoms with E-state index in [1.807, 2.05) is 24.3 Å². The van der Waals surface area contributed by atoms with Crippen LogP contribution >= 0.6 is 0 Å². The molecule has 14 heteroatoms. The second-order valence-corrected chi connectivity index (χ2v) is 16.9. The molecule has 2 aliphatic heterocycles. The van der Waals surface area contributed by atoms with Gasteiger partial charge < -0.3 is 25.2 Å². The third-order valence-electron chi connectivity index (χ3n) is 11.3. The number of alkyl carbamates (subject to hydrolysis) is 1. The van der Waals surface area contributed by atoms with Gasteiger partial charge >= 0.3 is 6.09 Å². The van der Waals surface area contributed by atoms with Crippen molar-refractivity contribution in [3.8, 4) is 5.88 Å². The number of nitrogens with one attached hydrogen (secondary N) is 3. The zero-order valence-corrected chi connectivity index (χ0v) is 30.1. The summed E-state index contributed by atoms with van der Waals surface area (Å²) in [5.74, 6) is -0.915. The third kappa shape index (κ3) is 8.13. The van der Waals surface area contributed by atoms with Crippen molar-refractivity contribution in [3.63, 3.8) is 0 Å². The molecular formula is C38H49N5O8S. The lowest BCUT2D eigenvalue weighted by atomic mass is 9.95. The van der Waals surface area contributed by atoms with Crippen LogP contribution in [0.3, 0.4) is 0 Å². The van der Waals surface area contributed by atoms with E-state index in [1.54, 1.807) is 11.1 Å². The molecule has 280 valence electrons. The Morgan fingerprint density at radius 2 is 1.87 bits per heavy atom. The summed E-state index contributed by atoms with van der Waals surface area (Å²) in [7, 11) is -3.85. The van der Waals surface area contributed by atoms with Crippen molar-refractivity contribution in [1.29, 1.82) is 0 Å². The Kier molecular flexibility index (Phi) is 10.9. The van der Waals surface area contributed by atoms with Gasteiger partial charge in [0.1, 0.15) is 24.5 Å². The number of aliphatic hydroxyl groups excluding tert-OH is 1. The summed E-state index contributed by atoms with van der Waals surface area (Å²) in [5.41, 5.74) is 0.968. The minimum atomic E-state index is -3.85. The normalized spacial score (nSPS) is 30.9. The first-order chi connectivity index (χ1) is 25.1. The van der Waals surface area contributed by atoms with E-state index in [1.165, 1.54) is 6.08 Å². The molecule has 4 fully saturated rings. The Morgan fingerprint density at radius 1 is 1.08 bits per heavy atom. The van der Waals surface area contributed by atoms with Gasteiger partial charge in [0.25, 0.3) is 5.91 Å². The molecule has 8 atom stereocenters. The number of hydrogen-bond donors (Lipinski definition) is 4. The predicted octanol–water partition coefficient (Wildman–Crippen LogP) is 3.91. The number of benzene rings is 1. The van der Waals surface area contributed by atoms with Crippen LogP contribution < -0.4 is 20.1 Å². The van der Waals surface area contributed by atoms with Crippen LogP contribution in [0.4, 0.5) is 4.79 Å². The van der Waals surface area contributed by atoms with E-state index in [4.69, 9.17) is 9.47 Å². The number of fused-ring (bicyclic) bond motifs is 4. The number of hydrogen-bond acceptors (Lipinski definition) is 10. The maximum absolute atomic E-state index is 14.2. The predicted molar refractivity (Wildman–Crippen MR) is 194 cm³/mol. The van der Waals surface area contributed by atoms with Gasteiger partial charge in [-0.15, -0.1) is 6.58 Å². The number of ether oxygens (including phenoxy) is 2. The fourth-order valence-electron chi connectivity index (χ4n) is 8.38. The molecule has 3 saturated carbocycles. The molecule has 0 radical (unpaired) electrons. The van der Waals surface area contributed by atoms with E-state index in [-0.39, 0.29) is 37.3 Å². The zero-order chi connectivity index (χ0) is 36.4. The summed E-state index contributed by atoms with van der Waals surface area (Å²) in [5, 5.41) is 19.1. The Balaban J connectivity index is 1.21. The Morgan fingerprint density at radius 3 is 2.63 bits per heavy atom. The van der Waals surface area contributed by atoms with Crippen LogP contribution in [-0.2, 0) is 24.3 Å². The van der Waals surface area contributed by atoms with Crippen molar-refractivity contribution < 1.29 is 37.4 Å². The second-order valence-electron chi connectivity index (χ2n) is 15.0. The van der Waals surface area contributed by atoms with Gasteiger partial charge in [0.15, 0.2) is 0 Å². The number of pyridine rings is 1. The highest BCUT2D eigenvalue weighted by Crippen LogP contribution is 2.36. The first kappa shape index (κ1) is 36.4. The topological polar surface area (TPSA) is 176 Å². The molecule has 13 nitrogen and oxygen atoms in total. The lowest BCUT2D eigenvalue weighted by Crippen LogP contribution is -2.60. The summed E-state index contributed by atoms with van der Waals surface area (Å²) in [6.45, 7) is 3.82. The van der Waals surface area contributed by atoms with E-state index in [0.29, 0.717) is 18.7 Å². The van der Waals surface area contributed by atoms with Crippen LogP contribution in [0.25, 0.3) is 16.8 Å². The number of aromatic nitrogens is 1. The lowest BCUT2D eigenvalue weighted by Gasteiger charge is -2.37. The van der Waals surface area contributed by atoms with Gasteiger partial charge in [0, 0.05) is 24.5 Å². The highest BCUT2D eigenvalue weighted by Gasteiger charge is 2.47. The fourth-order valence-corrected chi connectivity index (χ4v) is 9.73. The van der Waals surface area contributed by atoms with Gasteiger partial charge in [-0.2, -0.15) is 0 Å². The maximum atomic E-state index is 14.2. The Hall–Kier alpha value is -4.01. The minimum absolute atomic E-state index is 0.01000. The quantitative estimate of drug-likeness (QED) is 0.291. The van der Waals surface area contributed by atoms with Gasteiger partial charge in [-0.25, -0.2) is 18.2 Å². The van der Waals surface area contributed by atoms with Crippen molar-refractivity contribution in [2.24, 2.45) is 11.8 Å². The number of sulfonamides is 1. The van der Waals surface area contributed by atoms with Crippen molar-refractivity contribution in [1.82, 2.24) is 25.2 Å². The third-order valence-corrected chi connectivity index (χ3v) is 13.2. The van der Waals surface area contributed by atoms with Crippen molar-refractivity contribution in [2.45, 2.75) is 119 Å². The van der Waals surface area contributed by atoms with E-state index in [9.17, 15) is 27.9 Å². The number of carbonyl (C=O) groups excluding carboxylic acids is 3. The second kappa shape index (κ2) is 15.5. The van der Waals surface area contributed by atoms with E-state index in [2.05, 4.69) is 39.1 Å². The minimum Gasteiger partial charge on any atom is -0.472 e. The number of carbonyl (C=O) groups is 3. The molecule has 1 aromatic carbocycles. The van der Waals surface area contributed by atoms with Gasteiger partial charge in [-0.3, -0.25) is 19.2 Å². The number of nitrogens with zero attached hydrogens (tertiary/aromatic N) is 2. The summed E-state index contributed by atoms with van der Waals surface area (Å²) >= 11 is 0. The molecular weight excluding hydrogens is 687 g/mol. The highest BCUT2D eigenvalue weighted by molar-refractivity contribution is 7.90. The molecule has 4 bridgehead atoms. The monoisotopic (exact) mass is 735 g/mol. The van der Waals surface area contributed by atoms with Crippen LogP contribution in [0.15, 0.2) is 49.2 Å². The van der Waals surface area contributed by atoms with E-state index >= 15 is 0 Å². The highest BCUT2D eigenvalue weighted by atomic mass is 32.2. The molecule has 7 rings (SSSR count). The number of rotatable bonds is 8. The average molecular weight is 736 g/mol. The van der Waals surface area contributed by atoms with Crippen molar-refractivity contribution >= 4 is 44.8 Å². The molecule has 1 saturated heterocycles. The van der Waals surface area contributed by atoms with E-state index in [0.717, 1.165) is 67.7 Å². The molecule has 3 aliphatic carbocycles. The first-order valence-corrected chi connectivity index (χ1v) is 20.2. The Labute approximate surface area is 304 Å². The molecule has 3 heterocycles. The van der Waals surface area contributed by atoms with Crippen LogP contribution in [0.2, 0.25) is 0 Å². The molecule has 52 heavy (non-hydrogen) atoms. The number of amides is 3. The van der Waals surface area contributed by atoms with Gasteiger partial charge in [-0.1, -0.05) is 43.2 Å². The first-order valence-electron chi connectivity index (χ1n) is 18.7. The van der Waals surface area contributed by atoms with Crippen LogP contribution in [0.5, 0.6) is 5.88 Å². The van der Waals surface area contributed by atoms with Gasteiger partial charge in [0.2, 0.25) is 21.8 Å². The number of aliphatic hydroxyl groups is 1. The van der Waals surface area contributed by atoms with Crippen molar-refractivity contribution in [3.05, 3.63) is 54.8 Å². The lowest BCUT2D eigenvalue weighted by molar-refractivity contribution is -0.134. The standard InChI is InChI=1S/C38H49N5O8S/c1-2-7-30(34(44)42-52(48,49)28-16-17-28)40-35(45)31-21-27-22-43(31)37(46)33(26-9-3-4-10-26)41-38(47)51-32-13-6-12-25(32)11-5-8-23-14-15-24-18-19-39-36(50-27)29(24)20-23/h2,5,8,14-15,18-20,25-28,30-33,37,46H,1,3-4,6-7,9-13,16-17,21-22H2,(H,40,45)(H,41,47)(H,42,44)/b8-5+/t25-,27-,30?,31+,32-,33+,37?/m1/s1. The smallest absolute Gasteiger partial charge is 0.407 e. The summed E-state index contributed by atoms with van der Waals surface area (Å²) in [6.07, 6.45) is 12.6. The maximum Gasteiger partial charge on any atom is 0.407 e. The summed E-state index contributed by atoms with van der Waals surface area (Å²) in [6, 6.07) is 5.02. The van der Waals surface area contributed by atoms with Gasteiger partial charge in [-0.05, 0) is 92.7 Å². The fraction of sp³-hybridized carbons (Fsp3) is 0.579. The van der Waals surface area contributed by atoms with Crippen LogP contribution in [0.1, 0.15) is 82.6 Å². The molecule has 0 spiro atoms. The molecule has 2 aromatic rings.